The van der Waals surface area contributed by atoms with E-state index in [2.05, 4.69) is 5.32 Å². The van der Waals surface area contributed by atoms with Gasteiger partial charge in [-0.25, -0.2) is 8.42 Å². The minimum atomic E-state index is -4.85. The first-order valence-electron chi connectivity index (χ1n) is 12.8. The molecule has 0 saturated carbocycles. The fourth-order valence-corrected chi connectivity index (χ4v) is 5.27. The Morgan fingerprint density at radius 2 is 1.54 bits per heavy atom. The molecular weight excluding hydrogens is 579 g/mol. The van der Waals surface area contributed by atoms with E-state index >= 15 is 0 Å². The number of sulfonamides is 1. The standard InChI is InChI=1S/C29H31ClF3N3O4S/c1-3-16-34-28(38)26(17-21-10-6-4-7-11-21)35(19-22-12-8-5-9-13-22)27(37)20-36(41(2,39)40)23-14-15-25(30)24(18-23)29(31,32)33/h4-15,18,26H,3,16-17,19-20H2,1-2H3,(H,34,38). The van der Waals surface area contributed by atoms with E-state index in [1.165, 1.54) is 4.90 Å². The van der Waals surface area contributed by atoms with Crippen LogP contribution in [0.2, 0.25) is 5.02 Å². The van der Waals surface area contributed by atoms with Crippen LogP contribution in [-0.2, 0) is 38.8 Å². The van der Waals surface area contributed by atoms with E-state index in [9.17, 15) is 31.2 Å². The highest BCUT2D eigenvalue weighted by Crippen LogP contribution is 2.37. The fraction of sp³-hybridized carbons (Fsp3) is 0.310. The maximum absolute atomic E-state index is 13.9. The van der Waals surface area contributed by atoms with Crippen molar-refractivity contribution in [1.29, 1.82) is 0 Å². The van der Waals surface area contributed by atoms with Crippen molar-refractivity contribution in [3.8, 4) is 0 Å². The Labute approximate surface area is 243 Å². The monoisotopic (exact) mass is 609 g/mol. The summed E-state index contributed by atoms with van der Waals surface area (Å²) in [6.07, 6.45) is -3.28. The molecule has 0 aliphatic rings. The zero-order chi connectivity index (χ0) is 30.2. The third-order valence-corrected chi connectivity index (χ3v) is 7.71. The van der Waals surface area contributed by atoms with E-state index in [1.54, 1.807) is 54.6 Å². The second-order valence-corrected chi connectivity index (χ2v) is 11.7. The van der Waals surface area contributed by atoms with Gasteiger partial charge in [-0.15, -0.1) is 0 Å². The molecule has 1 atom stereocenters. The molecule has 0 bridgehead atoms. The second-order valence-electron chi connectivity index (χ2n) is 9.44. The average Bonchev–Trinajstić information content (AvgIpc) is 2.92. The Morgan fingerprint density at radius 1 is 0.951 bits per heavy atom. The average molecular weight is 610 g/mol. The Balaban J connectivity index is 2.07. The normalized spacial score (nSPS) is 12.4. The highest BCUT2D eigenvalue weighted by molar-refractivity contribution is 7.92. The maximum atomic E-state index is 13.9. The lowest BCUT2D eigenvalue weighted by atomic mass is 10.0. The van der Waals surface area contributed by atoms with Crippen LogP contribution in [0.3, 0.4) is 0 Å². The van der Waals surface area contributed by atoms with Crippen molar-refractivity contribution in [2.75, 3.05) is 23.7 Å². The quantitative estimate of drug-likeness (QED) is 0.302. The van der Waals surface area contributed by atoms with Crippen molar-refractivity contribution < 1.29 is 31.2 Å². The number of halogens is 4. The van der Waals surface area contributed by atoms with Crippen LogP contribution in [0.4, 0.5) is 18.9 Å². The summed E-state index contributed by atoms with van der Waals surface area (Å²) in [5, 5.41) is 2.21. The minimum Gasteiger partial charge on any atom is -0.354 e. The lowest BCUT2D eigenvalue weighted by Gasteiger charge is -2.33. The summed E-state index contributed by atoms with van der Waals surface area (Å²) >= 11 is 5.73. The summed E-state index contributed by atoms with van der Waals surface area (Å²) in [6.45, 7) is 1.36. The molecule has 0 fully saturated rings. The largest absolute Gasteiger partial charge is 0.417 e. The van der Waals surface area contributed by atoms with Crippen LogP contribution in [-0.4, -0.2) is 50.5 Å². The smallest absolute Gasteiger partial charge is 0.354 e. The van der Waals surface area contributed by atoms with Crippen LogP contribution in [0.1, 0.15) is 30.0 Å². The molecule has 1 N–H and O–H groups in total. The summed E-state index contributed by atoms with van der Waals surface area (Å²) in [7, 11) is -4.24. The van der Waals surface area contributed by atoms with Gasteiger partial charge in [0.25, 0.3) is 0 Å². The first-order chi connectivity index (χ1) is 19.3. The summed E-state index contributed by atoms with van der Waals surface area (Å²) < 4.78 is 66.8. The molecule has 41 heavy (non-hydrogen) atoms. The van der Waals surface area contributed by atoms with E-state index in [-0.39, 0.29) is 18.7 Å². The molecule has 1 unspecified atom stereocenters. The lowest BCUT2D eigenvalue weighted by Crippen LogP contribution is -2.53. The van der Waals surface area contributed by atoms with E-state index < -0.39 is 51.2 Å². The molecule has 0 aliphatic carbocycles. The van der Waals surface area contributed by atoms with Gasteiger partial charge in [-0.2, -0.15) is 13.2 Å². The lowest BCUT2D eigenvalue weighted by molar-refractivity contribution is -0.140. The van der Waals surface area contributed by atoms with Gasteiger partial charge in [-0.1, -0.05) is 79.2 Å². The number of benzene rings is 3. The molecule has 3 rings (SSSR count). The van der Waals surface area contributed by atoms with Crippen molar-refractivity contribution in [2.45, 2.75) is 38.5 Å². The number of hydrogen-bond acceptors (Lipinski definition) is 4. The Morgan fingerprint density at radius 3 is 2.07 bits per heavy atom. The molecule has 0 spiro atoms. The zero-order valence-corrected chi connectivity index (χ0v) is 24.1. The van der Waals surface area contributed by atoms with Gasteiger partial charge in [0.15, 0.2) is 0 Å². The third kappa shape index (κ3) is 8.96. The molecule has 0 heterocycles. The SMILES string of the molecule is CCCNC(=O)C(Cc1ccccc1)N(Cc1ccccc1)C(=O)CN(c1ccc(Cl)c(C(F)(F)F)c1)S(C)(=O)=O. The predicted octanol–water partition coefficient (Wildman–Crippen LogP) is 5.29. The van der Waals surface area contributed by atoms with Crippen molar-refractivity contribution >= 4 is 39.1 Å². The highest BCUT2D eigenvalue weighted by Gasteiger charge is 2.36. The number of anilines is 1. The van der Waals surface area contributed by atoms with Crippen LogP contribution in [0.25, 0.3) is 0 Å². The molecule has 3 aromatic carbocycles. The molecule has 220 valence electrons. The topological polar surface area (TPSA) is 86.8 Å². The van der Waals surface area contributed by atoms with E-state index in [0.717, 1.165) is 24.0 Å². The van der Waals surface area contributed by atoms with E-state index in [4.69, 9.17) is 11.6 Å². The van der Waals surface area contributed by atoms with Crippen LogP contribution in [0.5, 0.6) is 0 Å². The number of rotatable bonds is 12. The third-order valence-electron chi connectivity index (χ3n) is 6.24. The second kappa shape index (κ2) is 13.9. The summed E-state index contributed by atoms with van der Waals surface area (Å²) in [5.74, 6) is -1.20. The van der Waals surface area contributed by atoms with Gasteiger partial charge >= 0.3 is 6.18 Å². The molecule has 3 aromatic rings. The number of hydrogen-bond donors (Lipinski definition) is 1. The zero-order valence-electron chi connectivity index (χ0n) is 22.6. The van der Waals surface area contributed by atoms with Gasteiger partial charge < -0.3 is 10.2 Å². The van der Waals surface area contributed by atoms with Crippen molar-refractivity contribution in [3.05, 3.63) is 101 Å². The Hall–Kier alpha value is -3.57. The predicted molar refractivity (Wildman–Crippen MR) is 153 cm³/mol. The molecule has 0 aliphatic heterocycles. The van der Waals surface area contributed by atoms with Gasteiger partial charge in [0.1, 0.15) is 12.6 Å². The van der Waals surface area contributed by atoms with Gasteiger partial charge in [0.05, 0.1) is 22.5 Å². The number of nitrogens with zero attached hydrogens (tertiary/aromatic N) is 2. The Bertz CT molecular complexity index is 1440. The number of alkyl halides is 3. The molecule has 0 aromatic heterocycles. The van der Waals surface area contributed by atoms with Gasteiger partial charge in [0, 0.05) is 19.5 Å². The van der Waals surface area contributed by atoms with Crippen molar-refractivity contribution in [1.82, 2.24) is 10.2 Å². The molecule has 0 radical (unpaired) electrons. The first-order valence-corrected chi connectivity index (χ1v) is 15.0. The molecule has 2 amide bonds. The van der Waals surface area contributed by atoms with Gasteiger partial charge in [-0.3, -0.25) is 13.9 Å². The Kier molecular flexibility index (Phi) is 10.8. The summed E-state index contributed by atoms with van der Waals surface area (Å²) in [4.78, 5) is 28.6. The van der Waals surface area contributed by atoms with Crippen LogP contribution in [0, 0.1) is 0 Å². The molecule has 12 heteroatoms. The number of carbonyl (C=O) groups is 2. The maximum Gasteiger partial charge on any atom is 0.417 e. The molecule has 0 saturated heterocycles. The van der Waals surface area contributed by atoms with Crippen LogP contribution >= 0.6 is 11.6 Å². The number of nitrogens with one attached hydrogen (secondary N) is 1. The highest BCUT2D eigenvalue weighted by atomic mass is 35.5. The molecular formula is C29H31ClF3N3O4S. The van der Waals surface area contributed by atoms with Crippen molar-refractivity contribution in [2.24, 2.45) is 0 Å². The number of carbonyl (C=O) groups excluding carboxylic acids is 2. The van der Waals surface area contributed by atoms with E-state index in [1.807, 2.05) is 13.0 Å². The van der Waals surface area contributed by atoms with Crippen LogP contribution in [0.15, 0.2) is 78.9 Å². The van der Waals surface area contributed by atoms with Gasteiger partial charge in [-0.05, 0) is 35.7 Å². The summed E-state index contributed by atoms with van der Waals surface area (Å²) in [6, 6.07) is 19.4. The molecule has 7 nitrogen and oxygen atoms in total. The van der Waals surface area contributed by atoms with Crippen molar-refractivity contribution in [3.63, 3.8) is 0 Å². The minimum absolute atomic E-state index is 0.0389. The first kappa shape index (κ1) is 32.0. The summed E-state index contributed by atoms with van der Waals surface area (Å²) in [5.41, 5.74) is -0.173. The van der Waals surface area contributed by atoms with Gasteiger partial charge in [0.2, 0.25) is 21.8 Å². The van der Waals surface area contributed by atoms with Crippen LogP contribution < -0.4 is 9.62 Å². The number of amides is 2. The van der Waals surface area contributed by atoms with E-state index in [0.29, 0.717) is 28.9 Å². The fourth-order valence-electron chi connectivity index (χ4n) is 4.20.